The number of rotatable bonds is 6. The van der Waals surface area contributed by atoms with Crippen molar-refractivity contribution in [3.8, 4) is 5.75 Å². The molecule has 2 aliphatic rings. The highest BCUT2D eigenvalue weighted by atomic mass is 35.5. The van der Waals surface area contributed by atoms with Gasteiger partial charge in [-0.05, 0) is 56.8 Å². The van der Waals surface area contributed by atoms with E-state index >= 15 is 0 Å². The van der Waals surface area contributed by atoms with Crippen molar-refractivity contribution in [3.63, 3.8) is 0 Å². The van der Waals surface area contributed by atoms with Crippen molar-refractivity contribution in [2.24, 2.45) is 0 Å². The Labute approximate surface area is 184 Å². The highest BCUT2D eigenvalue weighted by Crippen LogP contribution is 2.40. The minimum Gasteiger partial charge on any atom is -0.489 e. The lowest BCUT2D eigenvalue weighted by Crippen LogP contribution is -2.53. The number of carbonyl (C=O) groups is 1. The van der Waals surface area contributed by atoms with E-state index in [4.69, 9.17) is 16.3 Å². The summed E-state index contributed by atoms with van der Waals surface area (Å²) in [4.78, 5) is 15.8. The summed E-state index contributed by atoms with van der Waals surface area (Å²) in [5.41, 5.74) is 0.881. The zero-order valence-corrected chi connectivity index (χ0v) is 18.1. The number of carbonyl (C=O) groups excluding carboxylic acids is 1. The lowest BCUT2D eigenvalue weighted by atomic mass is 9.85. The number of hydrogen-bond acceptors (Lipinski definition) is 4. The molecule has 1 atom stereocenters. The Hall–Kier alpha value is -1.74. The van der Waals surface area contributed by atoms with Crippen LogP contribution in [0.15, 0.2) is 18.2 Å². The predicted molar refractivity (Wildman–Crippen MR) is 108 cm³/mol. The van der Waals surface area contributed by atoms with Crippen LogP contribution in [0.25, 0.3) is 0 Å². The summed E-state index contributed by atoms with van der Waals surface area (Å²) >= 11 is 6.12. The van der Waals surface area contributed by atoms with Crippen LogP contribution < -0.4 is 4.74 Å². The summed E-state index contributed by atoms with van der Waals surface area (Å²) in [5, 5.41) is 0.424. The number of alkyl halides is 4. The molecule has 1 aromatic rings. The van der Waals surface area contributed by atoms with E-state index in [9.17, 15) is 22.4 Å². The maximum absolute atomic E-state index is 12.7. The fourth-order valence-electron chi connectivity index (χ4n) is 4.33. The topological polar surface area (TPSA) is 42.0 Å². The van der Waals surface area contributed by atoms with Crippen LogP contribution in [0.4, 0.5) is 22.4 Å². The third-order valence-corrected chi connectivity index (χ3v) is 6.45. The largest absolute Gasteiger partial charge is 0.489 e. The molecule has 1 spiro atoms. The molecule has 0 bridgehead atoms. The number of amides is 1. The van der Waals surface area contributed by atoms with Gasteiger partial charge < -0.3 is 14.4 Å². The standard InChI is InChI=1S/C21H27ClF4N2O3/c1-15(21(24,25)26)31-19(29)27-10-6-20(7-11-27)5-2-9-28(20)14-16-3-4-17(22)18(13-16)30-12-8-23/h3-4,13,15H,2,5-12,14H2,1H3. The molecule has 2 fully saturated rings. The zero-order chi connectivity index (χ0) is 22.6. The first-order valence-electron chi connectivity index (χ1n) is 10.4. The number of halogens is 5. The molecule has 1 aromatic carbocycles. The maximum Gasteiger partial charge on any atom is 0.425 e. The number of piperidine rings is 1. The van der Waals surface area contributed by atoms with E-state index in [2.05, 4.69) is 9.64 Å². The molecule has 1 unspecified atom stereocenters. The normalized spacial score (nSPS) is 20.1. The van der Waals surface area contributed by atoms with Gasteiger partial charge >= 0.3 is 12.3 Å². The van der Waals surface area contributed by atoms with Crippen LogP contribution >= 0.6 is 11.6 Å². The molecule has 2 aliphatic heterocycles. The van der Waals surface area contributed by atoms with E-state index in [0.29, 0.717) is 43.2 Å². The molecule has 10 heteroatoms. The number of ether oxygens (including phenoxy) is 2. The molecule has 0 N–H and O–H groups in total. The van der Waals surface area contributed by atoms with E-state index in [1.54, 1.807) is 6.07 Å². The Morgan fingerprint density at radius 3 is 2.58 bits per heavy atom. The molecule has 0 aromatic heterocycles. The Kier molecular flexibility index (Phi) is 7.57. The second-order valence-corrected chi connectivity index (χ2v) is 8.51. The molecular formula is C21H27ClF4N2O3. The summed E-state index contributed by atoms with van der Waals surface area (Å²) in [6, 6.07) is 5.45. The van der Waals surface area contributed by atoms with Crippen LogP contribution in [-0.4, -0.2) is 66.6 Å². The minimum absolute atomic E-state index is 0.0598. The van der Waals surface area contributed by atoms with Crippen molar-refractivity contribution in [1.82, 2.24) is 9.80 Å². The maximum atomic E-state index is 12.7. The van der Waals surface area contributed by atoms with Crippen LogP contribution in [0.2, 0.25) is 5.02 Å². The van der Waals surface area contributed by atoms with Crippen LogP contribution in [0.1, 0.15) is 38.2 Å². The van der Waals surface area contributed by atoms with Crippen molar-refractivity contribution in [2.75, 3.05) is 32.9 Å². The van der Waals surface area contributed by atoms with E-state index in [-0.39, 0.29) is 12.1 Å². The molecule has 2 saturated heterocycles. The molecular weight excluding hydrogens is 440 g/mol. The molecule has 0 aliphatic carbocycles. The van der Waals surface area contributed by atoms with Gasteiger partial charge in [-0.1, -0.05) is 17.7 Å². The Morgan fingerprint density at radius 1 is 1.23 bits per heavy atom. The number of hydrogen-bond donors (Lipinski definition) is 0. The van der Waals surface area contributed by atoms with Gasteiger partial charge in [0.1, 0.15) is 19.0 Å². The van der Waals surface area contributed by atoms with Crippen LogP contribution in [0.5, 0.6) is 5.75 Å². The van der Waals surface area contributed by atoms with E-state index in [1.165, 1.54) is 4.90 Å². The van der Waals surface area contributed by atoms with E-state index < -0.39 is 25.0 Å². The fraction of sp³-hybridized carbons (Fsp3) is 0.667. The molecule has 0 saturated carbocycles. The number of benzene rings is 1. The Morgan fingerprint density at radius 2 is 1.94 bits per heavy atom. The van der Waals surface area contributed by atoms with Gasteiger partial charge in [0.25, 0.3) is 0 Å². The summed E-state index contributed by atoms with van der Waals surface area (Å²) in [6.07, 6.45) is -4.31. The van der Waals surface area contributed by atoms with Gasteiger partial charge in [0.15, 0.2) is 6.10 Å². The van der Waals surface area contributed by atoms with Crippen LogP contribution in [0.3, 0.4) is 0 Å². The van der Waals surface area contributed by atoms with Gasteiger partial charge in [-0.15, -0.1) is 0 Å². The van der Waals surface area contributed by atoms with Crippen molar-refractivity contribution in [2.45, 2.75) is 57.0 Å². The SMILES string of the molecule is CC(OC(=O)N1CCC2(CCCN2Cc2ccc(Cl)c(OCCF)c2)CC1)C(F)(F)F. The third kappa shape index (κ3) is 5.74. The smallest absolute Gasteiger partial charge is 0.425 e. The van der Waals surface area contributed by atoms with Gasteiger partial charge in [-0.2, -0.15) is 13.2 Å². The average Bonchev–Trinajstić information content (AvgIpc) is 3.09. The Balaban J connectivity index is 1.60. The summed E-state index contributed by atoms with van der Waals surface area (Å²) in [5.74, 6) is 0.446. The molecule has 0 radical (unpaired) electrons. The predicted octanol–water partition coefficient (Wildman–Crippen LogP) is 5.21. The Bertz CT molecular complexity index is 769. The molecule has 31 heavy (non-hydrogen) atoms. The van der Waals surface area contributed by atoms with Gasteiger partial charge in [0, 0.05) is 25.2 Å². The zero-order valence-electron chi connectivity index (χ0n) is 17.4. The first-order valence-corrected chi connectivity index (χ1v) is 10.8. The highest BCUT2D eigenvalue weighted by Gasteiger charge is 2.45. The first-order chi connectivity index (χ1) is 14.6. The summed E-state index contributed by atoms with van der Waals surface area (Å²) in [7, 11) is 0. The third-order valence-electron chi connectivity index (χ3n) is 6.14. The van der Waals surface area contributed by atoms with Crippen molar-refractivity contribution in [3.05, 3.63) is 28.8 Å². The van der Waals surface area contributed by atoms with Gasteiger partial charge in [0.2, 0.25) is 0 Å². The second-order valence-electron chi connectivity index (χ2n) is 8.11. The van der Waals surface area contributed by atoms with Gasteiger partial charge in [-0.25, -0.2) is 9.18 Å². The number of nitrogens with zero attached hydrogens (tertiary/aromatic N) is 2. The second kappa shape index (κ2) is 9.81. The van der Waals surface area contributed by atoms with Crippen LogP contribution in [0, 0.1) is 0 Å². The highest BCUT2D eigenvalue weighted by molar-refractivity contribution is 6.32. The summed E-state index contributed by atoms with van der Waals surface area (Å²) in [6.45, 7) is 2.42. The lowest BCUT2D eigenvalue weighted by molar-refractivity contribution is -0.200. The van der Waals surface area contributed by atoms with Crippen LogP contribution in [-0.2, 0) is 11.3 Å². The monoisotopic (exact) mass is 466 g/mol. The van der Waals surface area contributed by atoms with E-state index in [1.807, 2.05) is 12.1 Å². The van der Waals surface area contributed by atoms with Gasteiger partial charge in [-0.3, -0.25) is 4.90 Å². The van der Waals surface area contributed by atoms with Crippen molar-refractivity contribution >= 4 is 17.7 Å². The first kappa shape index (κ1) is 23.9. The molecule has 5 nitrogen and oxygen atoms in total. The molecule has 2 heterocycles. The van der Waals surface area contributed by atoms with E-state index in [0.717, 1.165) is 31.9 Å². The minimum atomic E-state index is -4.57. The molecule has 3 rings (SSSR count). The summed E-state index contributed by atoms with van der Waals surface area (Å²) < 4.78 is 60.3. The van der Waals surface area contributed by atoms with Gasteiger partial charge in [0.05, 0.1) is 5.02 Å². The lowest BCUT2D eigenvalue weighted by Gasteiger charge is -2.45. The van der Waals surface area contributed by atoms with Crippen molar-refractivity contribution < 1.29 is 31.8 Å². The molecule has 1 amide bonds. The number of likely N-dealkylation sites (tertiary alicyclic amines) is 2. The average molecular weight is 467 g/mol. The quantitative estimate of drug-likeness (QED) is 0.540. The fourth-order valence-corrected chi connectivity index (χ4v) is 4.50. The molecule has 174 valence electrons. The van der Waals surface area contributed by atoms with Crippen molar-refractivity contribution in [1.29, 1.82) is 0 Å².